The Kier molecular flexibility index (Phi) is 43.2. The second kappa shape index (κ2) is 43.4. The molecule has 0 amide bonds. The molecule has 29 heteroatoms. The van der Waals surface area contributed by atoms with Gasteiger partial charge in [-0.2, -0.15) is 0 Å². The van der Waals surface area contributed by atoms with Crippen molar-refractivity contribution in [2.24, 2.45) is 50.9 Å². The Balaban J connectivity index is -0.000000365. The molecule has 27 N–H and O–H groups in total. The molecule has 2 heterocycles. The number of unbranched alkanes of at least 4 members (excludes halogenated alkanes) is 1. The zero-order chi connectivity index (χ0) is 54.8. The summed E-state index contributed by atoms with van der Waals surface area (Å²) in [6.07, 6.45) is 7.99. The van der Waals surface area contributed by atoms with E-state index in [1.807, 2.05) is 30.3 Å². The van der Waals surface area contributed by atoms with E-state index in [1.165, 1.54) is 6.33 Å². The number of hydrogen-bond acceptors (Lipinski definition) is 18. The van der Waals surface area contributed by atoms with E-state index in [1.54, 1.807) is 20.2 Å². The summed E-state index contributed by atoms with van der Waals surface area (Å²) in [7, 11) is 1.61. The number of likely N-dealkylation sites (N-methyl/N-ethyl adjacent to an activating group) is 1. The largest absolute Gasteiger partial charge is 0.481 e. The molecule has 0 spiro atoms. The predicted molar refractivity (Wildman–Crippen MR) is 255 cm³/mol. The second-order valence-corrected chi connectivity index (χ2v) is 14.7. The highest BCUT2D eigenvalue weighted by Crippen LogP contribution is 2.12. The van der Waals surface area contributed by atoms with Gasteiger partial charge in [0.15, 0.2) is 5.96 Å². The molecule has 0 aliphatic carbocycles. The van der Waals surface area contributed by atoms with Gasteiger partial charge in [0.25, 0.3) is 0 Å². The van der Waals surface area contributed by atoms with Crippen molar-refractivity contribution in [3.63, 3.8) is 0 Å². The van der Waals surface area contributed by atoms with E-state index in [0.29, 0.717) is 32.4 Å². The molecule has 0 radical (unpaired) electrons. The Morgan fingerprint density at radius 3 is 1.59 bits per heavy atom. The van der Waals surface area contributed by atoms with Gasteiger partial charge in [0.05, 0.1) is 12.7 Å². The lowest BCUT2D eigenvalue weighted by Crippen LogP contribution is -2.32. The normalized spacial score (nSPS) is 14.4. The molecule has 1 saturated heterocycles. The van der Waals surface area contributed by atoms with Crippen molar-refractivity contribution in [1.82, 2.24) is 20.6 Å². The van der Waals surface area contributed by atoms with Gasteiger partial charge >= 0.3 is 47.8 Å². The van der Waals surface area contributed by atoms with Gasteiger partial charge in [-0.25, -0.2) is 4.98 Å². The maximum absolute atomic E-state index is 10.3. The van der Waals surface area contributed by atoms with Gasteiger partial charge in [-0.3, -0.25) is 43.3 Å². The number of imidazole rings is 1. The number of H-pyrrole nitrogens is 1. The van der Waals surface area contributed by atoms with E-state index in [0.717, 1.165) is 43.5 Å². The lowest BCUT2D eigenvalue weighted by Gasteiger charge is -2.07. The summed E-state index contributed by atoms with van der Waals surface area (Å²) in [5.74, 6) is -7.52. The Hall–Kier alpha value is -6.86. The number of carboxylic acids is 8. The number of rotatable bonds is 23. The molecule has 1 fully saturated rings. The van der Waals surface area contributed by atoms with Crippen LogP contribution in [0.15, 0.2) is 47.8 Å². The van der Waals surface area contributed by atoms with E-state index in [2.05, 4.69) is 25.6 Å². The summed E-state index contributed by atoms with van der Waals surface area (Å²) in [5, 5.41) is 71.8. The summed E-state index contributed by atoms with van der Waals surface area (Å²) < 4.78 is 0. The Morgan fingerprint density at radius 2 is 1.24 bits per heavy atom. The summed E-state index contributed by atoms with van der Waals surface area (Å²) in [6, 6.07) is 4.67. The number of benzene rings is 1. The highest BCUT2D eigenvalue weighted by atomic mass is 16.4. The minimum atomic E-state index is -1.17. The van der Waals surface area contributed by atoms with Crippen LogP contribution in [-0.4, -0.2) is 167 Å². The molecule has 0 bridgehead atoms. The van der Waals surface area contributed by atoms with Crippen molar-refractivity contribution >= 4 is 53.7 Å². The number of guanidine groups is 1. The smallest absolute Gasteiger partial charge is 0.320 e. The molecule has 0 saturated carbocycles. The first-order valence-corrected chi connectivity index (χ1v) is 21.4. The van der Waals surface area contributed by atoms with Crippen molar-refractivity contribution in [1.29, 1.82) is 0 Å². The van der Waals surface area contributed by atoms with Gasteiger partial charge in [-0.1, -0.05) is 36.8 Å². The summed E-state index contributed by atoms with van der Waals surface area (Å²) in [4.78, 5) is 91.0. The van der Waals surface area contributed by atoms with Gasteiger partial charge in [0.2, 0.25) is 0 Å². The second-order valence-electron chi connectivity index (χ2n) is 14.7. The number of aliphatic carboxylic acids is 8. The molecule has 1 aromatic carbocycles. The van der Waals surface area contributed by atoms with Crippen molar-refractivity contribution in [3.05, 3.63) is 54.1 Å². The molecule has 3 rings (SSSR count). The number of nitrogens with one attached hydrogen (secondary N) is 3. The van der Waals surface area contributed by atoms with Crippen LogP contribution < -0.4 is 56.5 Å². The van der Waals surface area contributed by atoms with E-state index < -0.39 is 84.0 Å². The standard InChI is InChI=1S/C9H11NO2.C6H14N4O2.C6H9N3O2.C6H14N2O2.C5H9NO4.C5H9NO2.C4H9NO2/c10-8(6-9(11)12)7-4-2-1-3-5-7;7-4(5(11)12)2-1-3-10-6(8)9;7-5(6(10)11)1-4-2-8-3-9-4;7-4-2-1-3-5(8)6(9)10;6-3(5(9)10)1-2-4(7)8;7-5(8)4-2-1-3-6-4;1-3(5-2)4(6)7/h1-5,8H,6,10H2,(H,11,12);4H,1-3,7H2,(H,11,12)(H4,8,9,10);2-3,5H,1,7H2,(H,8,9)(H,10,11);5H,1-4,7-8H2,(H,9,10);3H,1-2,6H2,(H,7,8)(H,9,10);4,6H,1-3H2,(H,7,8);3,5H,1-2H3,(H,6,7)/t8-;4-;2*5-;3-;4-;3-/m1111111/s1. The topological polar surface area (TPSA) is 572 Å². The maximum Gasteiger partial charge on any atom is 0.320 e. The zero-order valence-electron chi connectivity index (χ0n) is 39.3. The fourth-order valence-electron chi connectivity index (χ4n) is 4.42. The molecule has 0 unspecified atom stereocenters. The predicted octanol–water partition coefficient (Wildman–Crippen LogP) is -2.73. The number of nitrogens with zero attached hydrogens (tertiary/aromatic N) is 2. The molecule has 29 nitrogen and oxygen atoms in total. The molecular weight excluding hydrogens is 931 g/mol. The Labute approximate surface area is 404 Å². The van der Waals surface area contributed by atoms with Crippen molar-refractivity contribution in [2.45, 2.75) is 120 Å². The number of aromatic nitrogens is 2. The first kappa shape index (κ1) is 69.7. The molecule has 70 heavy (non-hydrogen) atoms. The number of nitrogens with two attached hydrogens (primary N) is 8. The van der Waals surface area contributed by atoms with E-state index in [-0.39, 0.29) is 37.7 Å². The summed E-state index contributed by atoms with van der Waals surface area (Å²) >= 11 is 0. The average molecular weight is 1010 g/mol. The number of aliphatic imine (C=N–C) groups is 1. The van der Waals surface area contributed by atoms with Crippen molar-refractivity contribution < 1.29 is 79.2 Å². The summed E-state index contributed by atoms with van der Waals surface area (Å²) in [5.41, 5.74) is 43.2. The zero-order valence-corrected chi connectivity index (χ0v) is 39.3. The van der Waals surface area contributed by atoms with Crippen LogP contribution in [0.1, 0.15) is 88.4 Å². The van der Waals surface area contributed by atoms with Crippen LogP contribution >= 0.6 is 0 Å². The summed E-state index contributed by atoms with van der Waals surface area (Å²) in [6.45, 7) is 3.47. The fraction of sp³-hybridized carbons (Fsp3) is 0.561. The van der Waals surface area contributed by atoms with Crippen molar-refractivity contribution in [3.8, 4) is 0 Å². The number of carbonyl (C=O) groups is 8. The fourth-order valence-corrected chi connectivity index (χ4v) is 4.42. The monoisotopic (exact) mass is 1010 g/mol. The molecule has 1 aliphatic rings. The molecule has 7 atom stereocenters. The van der Waals surface area contributed by atoms with Gasteiger partial charge < -0.3 is 102 Å². The molecule has 1 aliphatic heterocycles. The first-order valence-electron chi connectivity index (χ1n) is 21.4. The lowest BCUT2D eigenvalue weighted by atomic mass is 10.1. The molecule has 1 aromatic heterocycles. The van der Waals surface area contributed by atoms with Crippen LogP contribution in [0.2, 0.25) is 0 Å². The molecule has 400 valence electrons. The van der Waals surface area contributed by atoms with Gasteiger partial charge in [-0.15, -0.1) is 0 Å². The van der Waals surface area contributed by atoms with Gasteiger partial charge in [0.1, 0.15) is 36.3 Å². The quantitative estimate of drug-likeness (QED) is 0.0305. The minimum Gasteiger partial charge on any atom is -0.481 e. The lowest BCUT2D eigenvalue weighted by molar-refractivity contribution is -0.141. The highest BCUT2D eigenvalue weighted by Gasteiger charge is 2.20. The Bertz CT molecular complexity index is 1780. The van der Waals surface area contributed by atoms with E-state index in [9.17, 15) is 38.4 Å². The van der Waals surface area contributed by atoms with Crippen LogP contribution in [0.5, 0.6) is 0 Å². The first-order chi connectivity index (χ1) is 32.6. The highest BCUT2D eigenvalue weighted by molar-refractivity contribution is 5.76. The SMILES string of the molecule is CN[C@H](C)C(=O)O.NC(N)=NCCC[C@@H](N)C(=O)O.NCCCC[C@@H](N)C(=O)O.N[C@H](CC(=O)O)c1ccccc1.N[C@H](CCC(=O)O)C(=O)O.N[C@H](Cc1cnc[nH]1)C(=O)O.O=C(O)[C@H]1CCCN1. The third-order valence-corrected chi connectivity index (χ3v) is 8.65. The van der Waals surface area contributed by atoms with E-state index >= 15 is 0 Å². The van der Waals surface area contributed by atoms with Crippen molar-refractivity contribution in [2.75, 3.05) is 26.7 Å². The number of carboxylic acid groups (broad SMARTS) is 8. The van der Waals surface area contributed by atoms with Gasteiger partial charge in [0, 0.05) is 37.3 Å². The van der Waals surface area contributed by atoms with Crippen LogP contribution in [0.4, 0.5) is 0 Å². The third kappa shape index (κ3) is 44.9. The van der Waals surface area contributed by atoms with Gasteiger partial charge in [-0.05, 0) is 77.6 Å². The van der Waals surface area contributed by atoms with Crippen LogP contribution in [-0.2, 0) is 44.8 Å². The minimum absolute atomic E-state index is 0.0129. The Morgan fingerprint density at radius 1 is 0.729 bits per heavy atom. The van der Waals surface area contributed by atoms with Crippen LogP contribution in [0, 0.1) is 0 Å². The van der Waals surface area contributed by atoms with Crippen LogP contribution in [0.25, 0.3) is 0 Å². The number of aromatic amines is 1. The van der Waals surface area contributed by atoms with Crippen LogP contribution in [0.3, 0.4) is 0 Å². The average Bonchev–Trinajstić information content (AvgIpc) is 4.04. The number of hydrogen-bond donors (Lipinski definition) is 19. The maximum atomic E-state index is 10.3. The van der Waals surface area contributed by atoms with E-state index in [4.69, 9.17) is 86.7 Å². The molecule has 2 aromatic rings. The third-order valence-electron chi connectivity index (χ3n) is 8.65. The molecular formula is C41H75N13O16.